The molecule has 0 saturated carbocycles. The summed E-state index contributed by atoms with van der Waals surface area (Å²) in [6.07, 6.45) is 2.53. The summed E-state index contributed by atoms with van der Waals surface area (Å²) in [7, 11) is 0. The Bertz CT molecular complexity index is 360. The highest BCUT2D eigenvalue weighted by molar-refractivity contribution is 6.34. The van der Waals surface area contributed by atoms with Crippen LogP contribution in [0.3, 0.4) is 0 Å². The molecule has 0 radical (unpaired) electrons. The predicted molar refractivity (Wildman–Crippen MR) is 55.2 cm³/mol. The van der Waals surface area contributed by atoms with Gasteiger partial charge >= 0.3 is 0 Å². The fourth-order valence-corrected chi connectivity index (χ4v) is 1.32. The molecule has 0 aliphatic heterocycles. The zero-order chi connectivity index (χ0) is 10.6. The van der Waals surface area contributed by atoms with Gasteiger partial charge in [0.25, 0.3) is 0 Å². The average Bonchev–Trinajstić information content (AvgIpc) is 2.18. The molecule has 3 heteroatoms. The van der Waals surface area contributed by atoms with E-state index in [0.29, 0.717) is 12.8 Å². The van der Waals surface area contributed by atoms with Crippen LogP contribution in [-0.2, 0) is 0 Å². The zero-order valence-corrected chi connectivity index (χ0v) is 8.35. The van der Waals surface area contributed by atoms with Gasteiger partial charge in [0, 0.05) is 12.0 Å². The maximum Gasteiger partial charge on any atom is 0.164 e. The monoisotopic (exact) mass is 212 g/mol. The number of carbonyl (C=O) groups excluding carboxylic acids is 1. The molecule has 0 aromatic heterocycles. The van der Waals surface area contributed by atoms with Crippen LogP contribution >= 0.6 is 11.6 Å². The van der Waals surface area contributed by atoms with E-state index in [1.54, 1.807) is 6.08 Å². The summed E-state index contributed by atoms with van der Waals surface area (Å²) in [5.41, 5.74) is 0.244. The lowest BCUT2D eigenvalue weighted by molar-refractivity contribution is 0.0983. The third-order valence-corrected chi connectivity index (χ3v) is 2.21. The topological polar surface area (TPSA) is 17.1 Å². The van der Waals surface area contributed by atoms with Gasteiger partial charge in [0.05, 0.1) is 5.02 Å². The number of halogens is 2. The number of benzene rings is 1. The van der Waals surface area contributed by atoms with Gasteiger partial charge in [0.15, 0.2) is 5.78 Å². The van der Waals surface area contributed by atoms with Crippen molar-refractivity contribution < 1.29 is 9.18 Å². The van der Waals surface area contributed by atoms with E-state index in [2.05, 4.69) is 6.58 Å². The molecule has 0 heterocycles. The minimum absolute atomic E-state index is 0.0958. The molecule has 0 bridgehead atoms. The standard InChI is InChI=1S/C11H10ClFO/c1-2-3-7-10(14)8-5-4-6-9(13)11(8)12/h2,4-6H,1,3,7H2. The zero-order valence-electron chi connectivity index (χ0n) is 7.59. The smallest absolute Gasteiger partial charge is 0.164 e. The Hall–Kier alpha value is -1.15. The lowest BCUT2D eigenvalue weighted by Gasteiger charge is -2.02. The van der Waals surface area contributed by atoms with E-state index in [9.17, 15) is 9.18 Å². The number of rotatable bonds is 4. The van der Waals surface area contributed by atoms with Gasteiger partial charge in [-0.2, -0.15) is 0 Å². The van der Waals surface area contributed by atoms with Crippen LogP contribution in [0.25, 0.3) is 0 Å². The Morgan fingerprint density at radius 1 is 1.57 bits per heavy atom. The van der Waals surface area contributed by atoms with Crippen LogP contribution in [0.1, 0.15) is 23.2 Å². The molecule has 0 saturated heterocycles. The van der Waals surface area contributed by atoms with Gasteiger partial charge in [-0.3, -0.25) is 4.79 Å². The maximum absolute atomic E-state index is 13.0. The minimum atomic E-state index is -0.559. The molecule has 1 rings (SSSR count). The van der Waals surface area contributed by atoms with Gasteiger partial charge < -0.3 is 0 Å². The molecule has 0 N–H and O–H groups in total. The van der Waals surface area contributed by atoms with E-state index in [1.165, 1.54) is 18.2 Å². The third kappa shape index (κ3) is 2.42. The molecular formula is C11H10ClFO. The van der Waals surface area contributed by atoms with Crippen LogP contribution < -0.4 is 0 Å². The highest BCUT2D eigenvalue weighted by Crippen LogP contribution is 2.21. The molecule has 0 atom stereocenters. The molecule has 1 aromatic rings. The molecule has 0 aliphatic rings. The first kappa shape index (κ1) is 10.9. The summed E-state index contributed by atoms with van der Waals surface area (Å²) < 4.78 is 13.0. The van der Waals surface area contributed by atoms with Crippen molar-refractivity contribution in [1.82, 2.24) is 0 Å². The van der Waals surface area contributed by atoms with E-state index in [0.717, 1.165) is 0 Å². The highest BCUT2D eigenvalue weighted by Gasteiger charge is 2.12. The molecular weight excluding hydrogens is 203 g/mol. The summed E-state index contributed by atoms with van der Waals surface area (Å²) in [5.74, 6) is -0.717. The fourth-order valence-electron chi connectivity index (χ4n) is 1.09. The number of hydrogen-bond acceptors (Lipinski definition) is 1. The van der Waals surface area contributed by atoms with Crippen molar-refractivity contribution in [3.05, 3.63) is 47.3 Å². The van der Waals surface area contributed by atoms with Crippen molar-refractivity contribution in [3.8, 4) is 0 Å². The lowest BCUT2D eigenvalue weighted by Crippen LogP contribution is -2.00. The van der Waals surface area contributed by atoms with Crippen LogP contribution in [0.4, 0.5) is 4.39 Å². The van der Waals surface area contributed by atoms with E-state index < -0.39 is 5.82 Å². The first-order valence-electron chi connectivity index (χ1n) is 4.25. The number of hydrogen-bond donors (Lipinski definition) is 0. The normalized spacial score (nSPS) is 9.86. The number of carbonyl (C=O) groups is 1. The largest absolute Gasteiger partial charge is 0.294 e. The van der Waals surface area contributed by atoms with Crippen molar-refractivity contribution in [2.75, 3.05) is 0 Å². The van der Waals surface area contributed by atoms with Gasteiger partial charge in [-0.15, -0.1) is 6.58 Å². The Labute approximate surface area is 87.2 Å². The fraction of sp³-hybridized carbons (Fsp3) is 0.182. The Morgan fingerprint density at radius 2 is 2.29 bits per heavy atom. The van der Waals surface area contributed by atoms with Gasteiger partial charge in [-0.05, 0) is 18.6 Å². The van der Waals surface area contributed by atoms with Gasteiger partial charge in [-0.25, -0.2) is 4.39 Å². The second kappa shape index (κ2) is 4.91. The first-order chi connectivity index (χ1) is 6.66. The highest BCUT2D eigenvalue weighted by atomic mass is 35.5. The summed E-state index contributed by atoms with van der Waals surface area (Å²) in [5, 5.41) is -0.0958. The second-order valence-corrected chi connectivity index (χ2v) is 3.23. The van der Waals surface area contributed by atoms with Gasteiger partial charge in [0.1, 0.15) is 5.82 Å². The van der Waals surface area contributed by atoms with Crippen molar-refractivity contribution in [2.45, 2.75) is 12.8 Å². The van der Waals surface area contributed by atoms with Crippen molar-refractivity contribution in [3.63, 3.8) is 0 Å². The number of allylic oxidation sites excluding steroid dienone is 1. The molecule has 1 nitrogen and oxygen atoms in total. The van der Waals surface area contributed by atoms with Crippen LogP contribution in [0.2, 0.25) is 5.02 Å². The van der Waals surface area contributed by atoms with Gasteiger partial charge in [0.2, 0.25) is 0 Å². The van der Waals surface area contributed by atoms with Crippen LogP contribution in [0, 0.1) is 5.82 Å². The van der Waals surface area contributed by atoms with Gasteiger partial charge in [-0.1, -0.05) is 23.7 Å². The molecule has 14 heavy (non-hydrogen) atoms. The Morgan fingerprint density at radius 3 is 2.93 bits per heavy atom. The summed E-state index contributed by atoms with van der Waals surface area (Å²) in [6, 6.07) is 4.23. The van der Waals surface area contributed by atoms with Crippen molar-refractivity contribution in [1.29, 1.82) is 0 Å². The molecule has 74 valence electrons. The summed E-state index contributed by atoms with van der Waals surface area (Å²) >= 11 is 5.65. The van der Waals surface area contributed by atoms with E-state index >= 15 is 0 Å². The molecule has 0 spiro atoms. The average molecular weight is 213 g/mol. The minimum Gasteiger partial charge on any atom is -0.294 e. The van der Waals surface area contributed by atoms with E-state index in [-0.39, 0.29) is 16.4 Å². The Kier molecular flexibility index (Phi) is 3.84. The molecule has 0 aliphatic carbocycles. The molecule has 1 aromatic carbocycles. The Balaban J connectivity index is 2.89. The first-order valence-corrected chi connectivity index (χ1v) is 4.62. The quantitative estimate of drug-likeness (QED) is 0.550. The summed E-state index contributed by atoms with van der Waals surface area (Å²) in [6.45, 7) is 3.51. The SMILES string of the molecule is C=CCCC(=O)c1cccc(F)c1Cl. The van der Waals surface area contributed by atoms with Crippen LogP contribution in [0.5, 0.6) is 0 Å². The van der Waals surface area contributed by atoms with Crippen molar-refractivity contribution in [2.24, 2.45) is 0 Å². The number of ketones is 1. The molecule has 0 amide bonds. The second-order valence-electron chi connectivity index (χ2n) is 2.85. The molecule has 0 fully saturated rings. The third-order valence-electron chi connectivity index (χ3n) is 1.83. The van der Waals surface area contributed by atoms with Crippen LogP contribution in [-0.4, -0.2) is 5.78 Å². The lowest BCUT2D eigenvalue weighted by atomic mass is 10.1. The maximum atomic E-state index is 13.0. The summed E-state index contributed by atoms with van der Waals surface area (Å²) in [4.78, 5) is 11.5. The van der Waals surface area contributed by atoms with Crippen LogP contribution in [0.15, 0.2) is 30.9 Å². The van der Waals surface area contributed by atoms with Crippen molar-refractivity contribution >= 4 is 17.4 Å². The van der Waals surface area contributed by atoms with E-state index in [1.807, 2.05) is 0 Å². The number of Topliss-reactive ketones (excluding diaryl/α,β-unsaturated/α-hetero) is 1. The molecule has 0 unspecified atom stereocenters. The predicted octanol–water partition coefficient (Wildman–Crippen LogP) is 3.63. The van der Waals surface area contributed by atoms with E-state index in [4.69, 9.17) is 11.6 Å².